The third-order valence-corrected chi connectivity index (χ3v) is 4.33. The second-order valence-electron chi connectivity index (χ2n) is 5.02. The maximum Gasteiger partial charge on any atom is 0.240 e. The van der Waals surface area contributed by atoms with E-state index in [1.165, 1.54) is 0 Å². The van der Waals surface area contributed by atoms with E-state index in [1.807, 2.05) is 19.9 Å². The molecule has 0 amide bonds. The highest BCUT2D eigenvalue weighted by Gasteiger charge is 2.14. The van der Waals surface area contributed by atoms with Crippen LogP contribution in [0.2, 0.25) is 0 Å². The molecule has 0 spiro atoms. The lowest BCUT2D eigenvalue weighted by molar-refractivity contribution is 0.578. The van der Waals surface area contributed by atoms with Crippen LogP contribution in [0.1, 0.15) is 38.3 Å². The third-order valence-electron chi connectivity index (χ3n) is 2.87. The number of rotatable bonds is 7. The molecule has 0 fully saturated rings. The average molecular weight is 284 g/mol. The summed E-state index contributed by atoms with van der Waals surface area (Å²) in [5.41, 5.74) is 2.12. The molecule has 5 heteroatoms. The van der Waals surface area contributed by atoms with Crippen molar-refractivity contribution >= 4 is 10.0 Å². The van der Waals surface area contributed by atoms with Gasteiger partial charge in [-0.1, -0.05) is 26.8 Å². The molecule has 1 aromatic carbocycles. The van der Waals surface area contributed by atoms with Gasteiger partial charge in [0, 0.05) is 19.1 Å². The summed E-state index contributed by atoms with van der Waals surface area (Å²) in [6, 6.07) is 5.64. The van der Waals surface area contributed by atoms with Crippen molar-refractivity contribution in [2.45, 2.75) is 51.6 Å². The second kappa shape index (κ2) is 7.03. The van der Waals surface area contributed by atoms with Crippen LogP contribution in [-0.4, -0.2) is 21.0 Å². The third kappa shape index (κ3) is 4.93. The van der Waals surface area contributed by atoms with Gasteiger partial charge >= 0.3 is 0 Å². The van der Waals surface area contributed by atoms with E-state index >= 15 is 0 Å². The van der Waals surface area contributed by atoms with Crippen molar-refractivity contribution in [2.75, 3.05) is 6.54 Å². The van der Waals surface area contributed by atoms with Crippen molar-refractivity contribution in [3.63, 3.8) is 0 Å². The van der Waals surface area contributed by atoms with Crippen LogP contribution in [-0.2, 0) is 16.6 Å². The highest BCUT2D eigenvalue weighted by molar-refractivity contribution is 7.89. The SMILES string of the molecule is CCCNS(=O)(=O)c1ccc(C)c(CNC(C)C)c1. The normalized spacial score (nSPS) is 12.1. The van der Waals surface area contributed by atoms with Gasteiger partial charge in [-0.25, -0.2) is 13.1 Å². The molecule has 0 saturated carbocycles. The Kier molecular flexibility index (Phi) is 5.97. The summed E-state index contributed by atoms with van der Waals surface area (Å²) in [5.74, 6) is 0. The van der Waals surface area contributed by atoms with Gasteiger partial charge in [-0.05, 0) is 36.6 Å². The first-order valence-electron chi connectivity index (χ1n) is 6.69. The maximum absolute atomic E-state index is 12.1. The van der Waals surface area contributed by atoms with Gasteiger partial charge in [-0.3, -0.25) is 0 Å². The highest BCUT2D eigenvalue weighted by Crippen LogP contribution is 2.15. The van der Waals surface area contributed by atoms with Crippen LogP contribution in [0.25, 0.3) is 0 Å². The van der Waals surface area contributed by atoms with E-state index in [1.54, 1.807) is 12.1 Å². The molecule has 0 radical (unpaired) electrons. The Labute approximate surface area is 116 Å². The lowest BCUT2D eigenvalue weighted by Crippen LogP contribution is -2.25. The predicted octanol–water partition coefficient (Wildman–Crippen LogP) is 2.18. The van der Waals surface area contributed by atoms with Gasteiger partial charge in [-0.15, -0.1) is 0 Å². The smallest absolute Gasteiger partial charge is 0.240 e. The van der Waals surface area contributed by atoms with E-state index in [0.717, 1.165) is 17.5 Å². The second-order valence-corrected chi connectivity index (χ2v) is 6.79. The number of aryl methyl sites for hydroxylation is 1. The molecule has 4 nitrogen and oxygen atoms in total. The summed E-state index contributed by atoms with van der Waals surface area (Å²) in [7, 11) is -3.38. The van der Waals surface area contributed by atoms with Crippen molar-refractivity contribution in [1.82, 2.24) is 10.0 Å². The molecule has 0 heterocycles. The van der Waals surface area contributed by atoms with E-state index in [9.17, 15) is 8.42 Å². The van der Waals surface area contributed by atoms with Gasteiger partial charge in [0.2, 0.25) is 10.0 Å². The fourth-order valence-electron chi connectivity index (χ4n) is 1.64. The van der Waals surface area contributed by atoms with Crippen LogP contribution in [0, 0.1) is 6.92 Å². The van der Waals surface area contributed by atoms with Crippen LogP contribution < -0.4 is 10.0 Å². The van der Waals surface area contributed by atoms with Crippen LogP contribution in [0.3, 0.4) is 0 Å². The van der Waals surface area contributed by atoms with Crippen LogP contribution in [0.15, 0.2) is 23.1 Å². The molecule has 108 valence electrons. The Morgan fingerprint density at radius 3 is 2.53 bits per heavy atom. The van der Waals surface area contributed by atoms with Gasteiger partial charge in [0.25, 0.3) is 0 Å². The van der Waals surface area contributed by atoms with Crippen molar-refractivity contribution < 1.29 is 8.42 Å². The molecule has 0 bridgehead atoms. The van der Waals surface area contributed by atoms with Crippen molar-refractivity contribution in [3.8, 4) is 0 Å². The number of sulfonamides is 1. The van der Waals surface area contributed by atoms with Crippen molar-refractivity contribution in [2.24, 2.45) is 0 Å². The van der Waals surface area contributed by atoms with Gasteiger partial charge < -0.3 is 5.32 Å². The fraction of sp³-hybridized carbons (Fsp3) is 0.571. The van der Waals surface area contributed by atoms with Crippen molar-refractivity contribution in [3.05, 3.63) is 29.3 Å². The molecule has 0 aliphatic carbocycles. The number of benzene rings is 1. The number of hydrogen-bond acceptors (Lipinski definition) is 3. The molecule has 0 aromatic heterocycles. The topological polar surface area (TPSA) is 58.2 Å². The molecule has 1 rings (SSSR count). The van der Waals surface area contributed by atoms with Gasteiger partial charge in [0.1, 0.15) is 0 Å². The summed E-state index contributed by atoms with van der Waals surface area (Å²) >= 11 is 0. The predicted molar refractivity (Wildman–Crippen MR) is 78.6 cm³/mol. The molecule has 0 atom stereocenters. The molecule has 0 aliphatic heterocycles. The molecule has 2 N–H and O–H groups in total. The minimum atomic E-state index is -3.38. The van der Waals surface area contributed by atoms with E-state index in [2.05, 4.69) is 23.9 Å². The first kappa shape index (κ1) is 16.1. The zero-order valence-electron chi connectivity index (χ0n) is 12.2. The fourth-order valence-corrected chi connectivity index (χ4v) is 2.82. The Morgan fingerprint density at radius 2 is 1.95 bits per heavy atom. The average Bonchev–Trinajstić information content (AvgIpc) is 2.35. The zero-order valence-corrected chi connectivity index (χ0v) is 13.0. The Morgan fingerprint density at radius 1 is 1.26 bits per heavy atom. The van der Waals surface area contributed by atoms with Gasteiger partial charge in [0.15, 0.2) is 0 Å². The summed E-state index contributed by atoms with van der Waals surface area (Å²) in [4.78, 5) is 0.340. The molecule has 0 aliphatic rings. The molecule has 1 aromatic rings. The molecule has 0 saturated heterocycles. The lowest BCUT2D eigenvalue weighted by Gasteiger charge is -2.13. The number of hydrogen-bond donors (Lipinski definition) is 2. The zero-order chi connectivity index (χ0) is 14.5. The monoisotopic (exact) mass is 284 g/mol. The maximum atomic E-state index is 12.1. The van der Waals surface area contributed by atoms with Crippen molar-refractivity contribution in [1.29, 1.82) is 0 Å². The standard InChI is InChI=1S/C14H24N2O2S/c1-5-8-16-19(17,18)14-7-6-12(4)13(9-14)10-15-11(2)3/h6-7,9,11,15-16H,5,8,10H2,1-4H3. The first-order chi connectivity index (χ1) is 8.86. The number of nitrogens with one attached hydrogen (secondary N) is 2. The van der Waals surface area contributed by atoms with Crippen LogP contribution in [0.4, 0.5) is 0 Å². The Balaban J connectivity index is 2.95. The molecule has 0 unspecified atom stereocenters. The highest BCUT2D eigenvalue weighted by atomic mass is 32.2. The summed E-state index contributed by atoms with van der Waals surface area (Å²) in [5, 5.41) is 3.31. The van der Waals surface area contributed by atoms with E-state index in [-0.39, 0.29) is 0 Å². The molecule has 19 heavy (non-hydrogen) atoms. The van der Waals surface area contributed by atoms with Crippen LogP contribution >= 0.6 is 0 Å². The van der Waals surface area contributed by atoms with E-state index in [4.69, 9.17) is 0 Å². The summed E-state index contributed by atoms with van der Waals surface area (Å²) in [6.07, 6.45) is 0.785. The van der Waals surface area contributed by atoms with E-state index < -0.39 is 10.0 Å². The Bertz CT molecular complexity index is 510. The molecular formula is C14H24N2O2S. The quantitative estimate of drug-likeness (QED) is 0.807. The lowest BCUT2D eigenvalue weighted by atomic mass is 10.1. The van der Waals surface area contributed by atoms with Gasteiger partial charge in [0.05, 0.1) is 4.90 Å². The Hall–Kier alpha value is -0.910. The largest absolute Gasteiger partial charge is 0.310 e. The molecular weight excluding hydrogens is 260 g/mol. The van der Waals surface area contributed by atoms with E-state index in [0.29, 0.717) is 24.0 Å². The summed E-state index contributed by atoms with van der Waals surface area (Å²) < 4.78 is 26.7. The first-order valence-corrected chi connectivity index (χ1v) is 8.17. The minimum absolute atomic E-state index is 0.340. The summed E-state index contributed by atoms with van der Waals surface area (Å²) in [6.45, 7) is 9.22. The van der Waals surface area contributed by atoms with Crippen LogP contribution in [0.5, 0.6) is 0 Å². The van der Waals surface area contributed by atoms with Gasteiger partial charge in [-0.2, -0.15) is 0 Å². The minimum Gasteiger partial charge on any atom is -0.310 e.